The van der Waals surface area contributed by atoms with E-state index in [0.29, 0.717) is 4.47 Å². The fraction of sp³-hybridized carbons (Fsp3) is 0.273. The van der Waals surface area contributed by atoms with Gasteiger partial charge in [0.05, 0.1) is 6.54 Å². The zero-order valence-electron chi connectivity index (χ0n) is 9.65. The summed E-state index contributed by atoms with van der Waals surface area (Å²) >= 11 is 3.12. The number of nitrogens with zero attached hydrogens (tertiary/aromatic N) is 1. The van der Waals surface area contributed by atoms with Gasteiger partial charge in [-0.15, -0.1) is 6.42 Å². The number of sulfonamides is 1. The maximum atomic E-state index is 14.0. The molecule has 0 radical (unpaired) electrons. The second-order valence-electron chi connectivity index (χ2n) is 3.55. The van der Waals surface area contributed by atoms with Gasteiger partial charge in [-0.25, -0.2) is 12.8 Å². The molecule has 0 aliphatic heterocycles. The van der Waals surface area contributed by atoms with Gasteiger partial charge in [0.2, 0.25) is 10.0 Å². The molecule has 98 valence electrons. The van der Waals surface area contributed by atoms with Crippen LogP contribution in [0.1, 0.15) is 5.56 Å². The summed E-state index contributed by atoms with van der Waals surface area (Å²) in [7, 11) is -2.67. The molecule has 0 saturated heterocycles. The minimum Gasteiger partial charge on any atom is -0.326 e. The van der Waals surface area contributed by atoms with Crippen LogP contribution in [-0.4, -0.2) is 26.3 Å². The van der Waals surface area contributed by atoms with Crippen LogP contribution in [-0.2, 0) is 16.6 Å². The summed E-state index contributed by atoms with van der Waals surface area (Å²) in [5.41, 5.74) is 5.49. The van der Waals surface area contributed by atoms with E-state index in [9.17, 15) is 12.8 Å². The minimum absolute atomic E-state index is 0.0906. The molecule has 0 aliphatic rings. The molecule has 18 heavy (non-hydrogen) atoms. The Morgan fingerprint density at radius 1 is 1.56 bits per heavy atom. The topological polar surface area (TPSA) is 63.4 Å². The molecule has 1 aromatic rings. The largest absolute Gasteiger partial charge is 0.326 e. The van der Waals surface area contributed by atoms with E-state index in [4.69, 9.17) is 12.2 Å². The lowest BCUT2D eigenvalue weighted by Gasteiger charge is -2.16. The highest BCUT2D eigenvalue weighted by atomic mass is 79.9. The monoisotopic (exact) mass is 334 g/mol. The highest BCUT2D eigenvalue weighted by Crippen LogP contribution is 2.25. The predicted octanol–water partition coefficient (Wildman–Crippen LogP) is 1.30. The molecular formula is C11H12BrFN2O2S. The van der Waals surface area contributed by atoms with E-state index >= 15 is 0 Å². The van der Waals surface area contributed by atoms with Crippen molar-refractivity contribution in [3.05, 3.63) is 28.0 Å². The van der Waals surface area contributed by atoms with Crippen molar-refractivity contribution in [2.24, 2.45) is 5.73 Å². The SMILES string of the molecule is C#CCN(C)S(=O)(=O)c1cc(Br)cc(CN)c1F. The molecule has 0 aliphatic carbocycles. The standard InChI is InChI=1S/C11H12BrFN2O2S/c1-3-4-15(2)18(16,17)10-6-9(12)5-8(7-14)11(10)13/h1,5-6H,4,7,14H2,2H3. The second-order valence-corrected chi connectivity index (χ2v) is 6.48. The summed E-state index contributed by atoms with van der Waals surface area (Å²) in [6.45, 7) is -0.223. The van der Waals surface area contributed by atoms with Crippen molar-refractivity contribution in [1.82, 2.24) is 4.31 Å². The fourth-order valence-electron chi connectivity index (χ4n) is 1.34. The van der Waals surface area contributed by atoms with Crippen molar-refractivity contribution >= 4 is 26.0 Å². The van der Waals surface area contributed by atoms with Crippen LogP contribution < -0.4 is 5.73 Å². The van der Waals surface area contributed by atoms with Crippen LogP contribution in [0.3, 0.4) is 0 Å². The second kappa shape index (κ2) is 5.80. The van der Waals surface area contributed by atoms with E-state index in [1.165, 1.54) is 19.2 Å². The van der Waals surface area contributed by atoms with E-state index in [0.717, 1.165) is 4.31 Å². The Bertz CT molecular complexity index is 596. The van der Waals surface area contributed by atoms with Gasteiger partial charge in [0, 0.05) is 23.6 Å². The molecule has 4 nitrogen and oxygen atoms in total. The Labute approximate surface area is 114 Å². The molecule has 0 atom stereocenters. The van der Waals surface area contributed by atoms with Gasteiger partial charge in [-0.2, -0.15) is 4.31 Å². The lowest BCUT2D eigenvalue weighted by atomic mass is 10.2. The normalized spacial score (nSPS) is 11.6. The number of terminal acetylenes is 1. The van der Waals surface area contributed by atoms with Crippen molar-refractivity contribution in [1.29, 1.82) is 0 Å². The van der Waals surface area contributed by atoms with E-state index in [-0.39, 0.29) is 18.7 Å². The van der Waals surface area contributed by atoms with Crippen LogP contribution in [0.4, 0.5) is 4.39 Å². The van der Waals surface area contributed by atoms with Gasteiger partial charge >= 0.3 is 0 Å². The van der Waals surface area contributed by atoms with E-state index in [1.54, 1.807) is 0 Å². The van der Waals surface area contributed by atoms with Gasteiger partial charge in [0.15, 0.2) is 0 Å². The lowest BCUT2D eigenvalue weighted by Crippen LogP contribution is -2.28. The first kappa shape index (κ1) is 15.1. The average molecular weight is 335 g/mol. The number of rotatable bonds is 4. The Morgan fingerprint density at radius 3 is 2.67 bits per heavy atom. The first-order valence-corrected chi connectivity index (χ1v) is 7.15. The van der Waals surface area contributed by atoms with Crippen molar-refractivity contribution < 1.29 is 12.8 Å². The number of nitrogens with two attached hydrogens (primary N) is 1. The highest BCUT2D eigenvalue weighted by molar-refractivity contribution is 9.10. The Morgan fingerprint density at radius 2 is 2.17 bits per heavy atom. The van der Waals surface area contributed by atoms with Crippen LogP contribution in [0.2, 0.25) is 0 Å². The smallest absolute Gasteiger partial charge is 0.246 e. The number of halogens is 2. The molecule has 1 aromatic carbocycles. The summed E-state index contributed by atoms with van der Waals surface area (Å²) in [5, 5.41) is 0. The summed E-state index contributed by atoms with van der Waals surface area (Å²) < 4.78 is 39.5. The van der Waals surface area contributed by atoms with Gasteiger partial charge < -0.3 is 5.73 Å². The molecule has 0 unspecified atom stereocenters. The fourth-order valence-corrected chi connectivity index (χ4v) is 3.21. The van der Waals surface area contributed by atoms with Gasteiger partial charge in [0.25, 0.3) is 0 Å². The van der Waals surface area contributed by atoms with Crippen molar-refractivity contribution in [3.8, 4) is 12.3 Å². The lowest BCUT2D eigenvalue weighted by molar-refractivity contribution is 0.490. The van der Waals surface area contributed by atoms with E-state index in [2.05, 4.69) is 21.9 Å². The van der Waals surface area contributed by atoms with Gasteiger partial charge in [-0.05, 0) is 12.1 Å². The zero-order valence-corrected chi connectivity index (χ0v) is 12.1. The van der Waals surface area contributed by atoms with Gasteiger partial charge in [0.1, 0.15) is 10.7 Å². The number of hydrogen-bond donors (Lipinski definition) is 1. The van der Waals surface area contributed by atoms with Crippen LogP contribution >= 0.6 is 15.9 Å². The number of benzene rings is 1. The van der Waals surface area contributed by atoms with Crippen LogP contribution in [0.25, 0.3) is 0 Å². The first-order valence-electron chi connectivity index (χ1n) is 4.92. The molecule has 7 heteroatoms. The van der Waals surface area contributed by atoms with Gasteiger partial charge in [-0.3, -0.25) is 0 Å². The summed E-state index contributed by atoms with van der Waals surface area (Å²) in [4.78, 5) is -0.435. The molecule has 0 spiro atoms. The molecule has 0 bridgehead atoms. The van der Waals surface area contributed by atoms with Crippen LogP contribution in [0.5, 0.6) is 0 Å². The summed E-state index contributed by atoms with van der Waals surface area (Å²) in [5.74, 6) is 1.35. The Balaban J connectivity index is 3.42. The summed E-state index contributed by atoms with van der Waals surface area (Å²) in [6, 6.07) is 2.63. The molecule has 0 saturated carbocycles. The third-order valence-electron chi connectivity index (χ3n) is 2.30. The average Bonchev–Trinajstić information content (AvgIpc) is 2.31. The zero-order chi connectivity index (χ0) is 13.9. The van der Waals surface area contributed by atoms with Crippen molar-refractivity contribution in [2.45, 2.75) is 11.4 Å². The molecule has 0 amide bonds. The van der Waals surface area contributed by atoms with Gasteiger partial charge in [-0.1, -0.05) is 21.9 Å². The molecule has 0 fully saturated rings. The quantitative estimate of drug-likeness (QED) is 0.844. The van der Waals surface area contributed by atoms with Crippen LogP contribution in [0, 0.1) is 18.2 Å². The molecular weight excluding hydrogens is 323 g/mol. The van der Waals surface area contributed by atoms with E-state index < -0.39 is 20.7 Å². The Kier molecular flexibility index (Phi) is 4.87. The van der Waals surface area contributed by atoms with Crippen molar-refractivity contribution in [2.75, 3.05) is 13.6 Å². The first-order chi connectivity index (χ1) is 8.34. The van der Waals surface area contributed by atoms with Crippen molar-refractivity contribution in [3.63, 3.8) is 0 Å². The Hall–Kier alpha value is -0.940. The highest BCUT2D eigenvalue weighted by Gasteiger charge is 2.25. The summed E-state index contributed by atoms with van der Waals surface area (Å²) in [6.07, 6.45) is 5.05. The maximum Gasteiger partial charge on any atom is 0.246 e. The maximum absolute atomic E-state index is 14.0. The van der Waals surface area contributed by atoms with E-state index in [1.807, 2.05) is 0 Å². The third-order valence-corrected chi connectivity index (χ3v) is 4.56. The third kappa shape index (κ3) is 2.90. The predicted molar refractivity (Wildman–Crippen MR) is 70.6 cm³/mol. The number of hydrogen-bond acceptors (Lipinski definition) is 3. The molecule has 0 heterocycles. The molecule has 1 rings (SSSR count). The molecule has 0 aromatic heterocycles. The van der Waals surface area contributed by atoms with Crippen LogP contribution in [0.15, 0.2) is 21.5 Å². The minimum atomic E-state index is -3.96. The molecule has 2 N–H and O–H groups in total.